The first kappa shape index (κ1) is 9.84. The van der Waals surface area contributed by atoms with Crippen LogP contribution in [0, 0.1) is 0 Å². The number of hydrogen-bond acceptors (Lipinski definition) is 2. The molecule has 10 heavy (non-hydrogen) atoms. The first-order valence-electron chi connectivity index (χ1n) is 2.64. The fourth-order valence-corrected chi connectivity index (χ4v) is 0.712. The number of rotatable bonds is 1. The molecule has 0 unspecified atom stereocenters. The van der Waals surface area contributed by atoms with Gasteiger partial charge in [-0.3, -0.25) is 0 Å². The van der Waals surface area contributed by atoms with Gasteiger partial charge in [-0.05, 0) is 12.1 Å². The zero-order valence-corrected chi connectivity index (χ0v) is 6.94. The minimum Gasteiger partial charge on any atom is -0.780 e. The molecule has 0 aliphatic carbocycles. The Morgan fingerprint density at radius 1 is 1.20 bits per heavy atom. The van der Waals surface area contributed by atoms with E-state index >= 15 is 0 Å². The molecule has 0 aliphatic heterocycles. The topological polar surface area (TPSA) is 9.23 Å². The molecule has 3 heteroatoms. The van der Waals surface area contributed by atoms with E-state index in [9.17, 15) is 0 Å². The van der Waals surface area contributed by atoms with Gasteiger partial charge in [-0.25, -0.2) is 0 Å². The molecule has 0 fully saturated rings. The summed E-state index contributed by atoms with van der Waals surface area (Å²) in [7, 11) is 1.64. The summed E-state index contributed by atoms with van der Waals surface area (Å²) in [6.45, 7) is 0. The van der Waals surface area contributed by atoms with Crippen LogP contribution in [0.25, 0.3) is 0 Å². The van der Waals surface area contributed by atoms with E-state index in [2.05, 4.69) is 0 Å². The molecule has 0 atom stereocenters. The van der Waals surface area contributed by atoms with Crippen LogP contribution in [0.5, 0.6) is 5.75 Å². The van der Waals surface area contributed by atoms with Crippen LogP contribution in [0.4, 0.5) is 0 Å². The van der Waals surface area contributed by atoms with Crippen LogP contribution >= 0.6 is 0 Å². The molecule has 0 aromatic heterocycles. The van der Waals surface area contributed by atoms with Crippen molar-refractivity contribution in [2.24, 2.45) is 0 Å². The molecule has 0 radical (unpaired) electrons. The van der Waals surface area contributed by atoms with Crippen molar-refractivity contribution >= 4 is 12.6 Å². The monoisotopic (exact) mass is 146 g/mol. The molecule has 48 valence electrons. The predicted molar refractivity (Wildman–Crippen MR) is 38.6 cm³/mol. The van der Waals surface area contributed by atoms with Crippen molar-refractivity contribution in [2.75, 3.05) is 7.11 Å². The van der Waals surface area contributed by atoms with Crippen molar-refractivity contribution in [1.29, 1.82) is 0 Å². The molecule has 0 amide bonds. The molecule has 0 saturated heterocycles. The van der Waals surface area contributed by atoms with E-state index in [1.165, 1.54) is 0 Å². The van der Waals surface area contributed by atoms with E-state index in [1.807, 2.05) is 24.3 Å². The van der Waals surface area contributed by atoms with Gasteiger partial charge in [0.1, 0.15) is 5.75 Å². The second-order valence-electron chi connectivity index (χ2n) is 1.68. The van der Waals surface area contributed by atoms with Gasteiger partial charge in [0.25, 0.3) is 0 Å². The Labute approximate surface area is 78.4 Å². The van der Waals surface area contributed by atoms with E-state index in [4.69, 9.17) is 17.4 Å². The predicted octanol–water partition coefficient (Wildman–Crippen LogP) is -1.39. The van der Waals surface area contributed by atoms with Gasteiger partial charge in [0.05, 0.1) is 7.11 Å². The summed E-state index contributed by atoms with van der Waals surface area (Å²) >= 11 is 4.86. The Morgan fingerprint density at radius 3 is 2.10 bits per heavy atom. The van der Waals surface area contributed by atoms with Crippen LogP contribution in [0.15, 0.2) is 29.2 Å². The third-order valence-electron chi connectivity index (χ3n) is 1.06. The summed E-state index contributed by atoms with van der Waals surface area (Å²) in [5, 5.41) is 0. The fraction of sp³-hybridized carbons (Fsp3) is 0.143. The van der Waals surface area contributed by atoms with Crippen LogP contribution in [-0.4, -0.2) is 7.11 Å². The van der Waals surface area contributed by atoms with Crippen molar-refractivity contribution in [1.82, 2.24) is 0 Å². The average molecular weight is 146 g/mol. The maximum atomic E-state index is 4.92. The zero-order chi connectivity index (χ0) is 6.69. The molecule has 0 bridgehead atoms. The van der Waals surface area contributed by atoms with Gasteiger partial charge < -0.3 is 17.4 Å². The Hall–Kier alpha value is -0.163. The van der Waals surface area contributed by atoms with Gasteiger partial charge in [0, 0.05) is 0 Å². The van der Waals surface area contributed by atoms with Crippen molar-refractivity contribution in [3.63, 3.8) is 0 Å². The third-order valence-corrected chi connectivity index (χ3v) is 1.33. The molecule has 0 N–H and O–H groups in total. The van der Waals surface area contributed by atoms with Gasteiger partial charge in [-0.1, -0.05) is 12.1 Å². The van der Waals surface area contributed by atoms with Crippen molar-refractivity contribution in [2.45, 2.75) is 4.90 Å². The van der Waals surface area contributed by atoms with Crippen molar-refractivity contribution < 1.29 is 23.6 Å². The maximum Gasteiger partial charge on any atom is 1.00 e. The average Bonchev–Trinajstić information content (AvgIpc) is 1.90. The van der Waals surface area contributed by atoms with Gasteiger partial charge in [-0.15, -0.1) is 0 Å². The molecule has 1 rings (SSSR count). The van der Waals surface area contributed by atoms with E-state index in [1.54, 1.807) is 7.11 Å². The van der Waals surface area contributed by atoms with Gasteiger partial charge >= 0.3 is 18.9 Å². The SMILES string of the molecule is COc1ccc([S-])cc1.[Li+]. The van der Waals surface area contributed by atoms with E-state index in [0.29, 0.717) is 0 Å². The minimum atomic E-state index is 0. The standard InChI is InChI=1S/C7H8OS.Li/c1-8-6-2-4-7(9)5-3-6;/h2-5,9H,1H3;/q;+1/p-1. The second-order valence-corrected chi connectivity index (χ2v) is 2.15. The Kier molecular flexibility index (Phi) is 4.55. The molecule has 0 aliphatic rings. The van der Waals surface area contributed by atoms with Crippen LogP contribution in [0.3, 0.4) is 0 Å². The van der Waals surface area contributed by atoms with E-state index in [0.717, 1.165) is 10.6 Å². The zero-order valence-electron chi connectivity index (χ0n) is 6.13. The summed E-state index contributed by atoms with van der Waals surface area (Å²) < 4.78 is 4.92. The maximum absolute atomic E-state index is 4.92. The van der Waals surface area contributed by atoms with E-state index in [-0.39, 0.29) is 18.9 Å². The molecule has 0 heterocycles. The summed E-state index contributed by atoms with van der Waals surface area (Å²) in [5.74, 6) is 0.851. The summed E-state index contributed by atoms with van der Waals surface area (Å²) in [6, 6.07) is 7.38. The smallest absolute Gasteiger partial charge is 0.780 e. The third kappa shape index (κ3) is 2.61. The number of benzene rings is 1. The Balaban J connectivity index is 0.000000810. The van der Waals surface area contributed by atoms with Crippen LogP contribution in [-0.2, 0) is 12.6 Å². The summed E-state index contributed by atoms with van der Waals surface area (Å²) in [4.78, 5) is 0.843. The first-order valence-corrected chi connectivity index (χ1v) is 3.05. The number of ether oxygens (including phenoxy) is 1. The molecule has 1 aromatic carbocycles. The second kappa shape index (κ2) is 4.62. The van der Waals surface area contributed by atoms with Crippen LogP contribution in [0.2, 0.25) is 0 Å². The Bertz CT molecular complexity index is 185. The molecule has 1 aromatic rings. The summed E-state index contributed by atoms with van der Waals surface area (Å²) in [6.07, 6.45) is 0. The quantitative estimate of drug-likeness (QED) is 0.356. The van der Waals surface area contributed by atoms with E-state index < -0.39 is 0 Å². The fourth-order valence-electron chi connectivity index (χ4n) is 0.576. The molecule has 1 nitrogen and oxygen atoms in total. The van der Waals surface area contributed by atoms with Crippen molar-refractivity contribution in [3.8, 4) is 5.75 Å². The van der Waals surface area contributed by atoms with Crippen LogP contribution in [0.1, 0.15) is 0 Å². The molecule has 0 spiro atoms. The molecule has 0 saturated carbocycles. The normalized spacial score (nSPS) is 8.10. The Morgan fingerprint density at radius 2 is 1.70 bits per heavy atom. The first-order chi connectivity index (χ1) is 4.33. The minimum absolute atomic E-state index is 0. The van der Waals surface area contributed by atoms with Gasteiger partial charge in [0.15, 0.2) is 0 Å². The number of methoxy groups -OCH3 is 1. The van der Waals surface area contributed by atoms with Crippen LogP contribution < -0.4 is 23.6 Å². The number of hydrogen-bond donors (Lipinski definition) is 0. The largest absolute Gasteiger partial charge is 1.00 e. The van der Waals surface area contributed by atoms with Gasteiger partial charge in [0.2, 0.25) is 0 Å². The van der Waals surface area contributed by atoms with Crippen molar-refractivity contribution in [3.05, 3.63) is 24.3 Å². The molecular formula is C7H7LiOS. The summed E-state index contributed by atoms with van der Waals surface area (Å²) in [5.41, 5.74) is 0. The molecular weight excluding hydrogens is 139 g/mol. The van der Waals surface area contributed by atoms with Gasteiger partial charge in [-0.2, -0.15) is 4.90 Å².